The van der Waals surface area contributed by atoms with E-state index in [1.807, 2.05) is 30.3 Å². The first-order chi connectivity index (χ1) is 8.79. The quantitative estimate of drug-likeness (QED) is 0.722. The van der Waals surface area contributed by atoms with Gasteiger partial charge in [0.2, 0.25) is 0 Å². The topological polar surface area (TPSA) is 56.9 Å². The van der Waals surface area contributed by atoms with E-state index in [2.05, 4.69) is 20.0 Å². The molecule has 0 spiro atoms. The van der Waals surface area contributed by atoms with Gasteiger partial charge in [0.25, 0.3) is 0 Å². The summed E-state index contributed by atoms with van der Waals surface area (Å²) in [6, 6.07) is 2.01. The van der Waals surface area contributed by atoms with Gasteiger partial charge in [0, 0.05) is 39.6 Å². The van der Waals surface area contributed by atoms with Gasteiger partial charge in [-0.3, -0.25) is 4.68 Å². The third-order valence-corrected chi connectivity index (χ3v) is 2.74. The molecule has 0 atom stereocenters. The summed E-state index contributed by atoms with van der Waals surface area (Å²) in [4.78, 5) is 4.35. The van der Waals surface area contributed by atoms with Crippen molar-refractivity contribution in [1.82, 2.24) is 24.6 Å². The first kappa shape index (κ1) is 12.8. The fraction of sp³-hybridized carbons (Fsp3) is 0.500. The maximum Gasteiger partial charge on any atom is 0.0953 e. The molecule has 0 aromatic carbocycles. The summed E-state index contributed by atoms with van der Waals surface area (Å²) in [6.45, 7) is 3.12. The van der Waals surface area contributed by atoms with E-state index in [-0.39, 0.29) is 0 Å². The van der Waals surface area contributed by atoms with Crippen molar-refractivity contribution in [1.29, 1.82) is 0 Å². The first-order valence-corrected chi connectivity index (χ1v) is 5.97. The first-order valence-electron chi connectivity index (χ1n) is 5.97. The summed E-state index contributed by atoms with van der Waals surface area (Å²) in [6.07, 6.45) is 5.70. The Balaban J connectivity index is 1.84. The smallest absolute Gasteiger partial charge is 0.0953 e. The van der Waals surface area contributed by atoms with Crippen molar-refractivity contribution in [2.75, 3.05) is 20.3 Å². The number of imidazole rings is 1. The molecule has 2 heterocycles. The van der Waals surface area contributed by atoms with Gasteiger partial charge in [-0.15, -0.1) is 0 Å². The van der Waals surface area contributed by atoms with Crippen LogP contribution in [0, 0.1) is 0 Å². The van der Waals surface area contributed by atoms with Crippen molar-refractivity contribution in [3.63, 3.8) is 0 Å². The van der Waals surface area contributed by atoms with Gasteiger partial charge in [-0.2, -0.15) is 5.10 Å². The third-order valence-electron chi connectivity index (χ3n) is 2.74. The Morgan fingerprint density at radius 2 is 2.33 bits per heavy atom. The molecule has 2 aromatic rings. The fourth-order valence-electron chi connectivity index (χ4n) is 1.72. The van der Waals surface area contributed by atoms with Gasteiger partial charge in [0.05, 0.1) is 30.9 Å². The van der Waals surface area contributed by atoms with Crippen LogP contribution in [0.3, 0.4) is 0 Å². The van der Waals surface area contributed by atoms with Crippen LogP contribution in [0.2, 0.25) is 0 Å². The van der Waals surface area contributed by atoms with Gasteiger partial charge in [0.1, 0.15) is 0 Å². The lowest BCUT2D eigenvalue weighted by Gasteiger charge is -2.02. The minimum absolute atomic E-state index is 0.718. The van der Waals surface area contributed by atoms with Crippen LogP contribution in [0.1, 0.15) is 11.4 Å². The van der Waals surface area contributed by atoms with Crippen molar-refractivity contribution in [3.05, 3.63) is 36.2 Å². The van der Waals surface area contributed by atoms with E-state index in [1.54, 1.807) is 13.3 Å². The van der Waals surface area contributed by atoms with Crippen molar-refractivity contribution in [2.24, 2.45) is 7.05 Å². The molecule has 0 bridgehead atoms. The van der Waals surface area contributed by atoms with Crippen LogP contribution in [-0.4, -0.2) is 39.6 Å². The molecule has 0 radical (unpaired) electrons. The van der Waals surface area contributed by atoms with E-state index in [1.165, 1.54) is 0 Å². The minimum atomic E-state index is 0.718. The molecule has 2 rings (SSSR count). The second-order valence-electron chi connectivity index (χ2n) is 4.15. The van der Waals surface area contributed by atoms with E-state index in [0.717, 1.165) is 37.6 Å². The summed E-state index contributed by atoms with van der Waals surface area (Å²) < 4.78 is 8.90. The number of aromatic nitrogens is 4. The molecule has 18 heavy (non-hydrogen) atoms. The molecule has 6 heteroatoms. The molecule has 0 saturated carbocycles. The highest BCUT2D eigenvalue weighted by atomic mass is 16.5. The van der Waals surface area contributed by atoms with Gasteiger partial charge in [-0.1, -0.05) is 0 Å². The fourth-order valence-corrected chi connectivity index (χ4v) is 1.72. The highest BCUT2D eigenvalue weighted by Crippen LogP contribution is 2.02. The molecule has 0 aliphatic rings. The zero-order valence-electron chi connectivity index (χ0n) is 10.8. The molecule has 0 aliphatic carbocycles. The average Bonchev–Trinajstić information content (AvgIpc) is 2.96. The lowest BCUT2D eigenvalue weighted by molar-refractivity contribution is 0.199. The van der Waals surface area contributed by atoms with E-state index < -0.39 is 0 Å². The molecule has 6 nitrogen and oxygen atoms in total. The van der Waals surface area contributed by atoms with Crippen molar-refractivity contribution >= 4 is 0 Å². The number of hydrogen-bond donors (Lipinski definition) is 1. The largest absolute Gasteiger partial charge is 0.383 e. The second kappa shape index (κ2) is 6.32. The number of methoxy groups -OCH3 is 1. The number of ether oxygens (including phenoxy) is 1. The third kappa shape index (κ3) is 3.41. The molecular weight excluding hydrogens is 230 g/mol. The van der Waals surface area contributed by atoms with E-state index in [4.69, 9.17) is 4.74 Å². The lowest BCUT2D eigenvalue weighted by Crippen LogP contribution is -2.18. The van der Waals surface area contributed by atoms with Gasteiger partial charge in [-0.05, 0) is 6.07 Å². The van der Waals surface area contributed by atoms with Crippen molar-refractivity contribution in [3.8, 4) is 0 Å². The van der Waals surface area contributed by atoms with E-state index in [0.29, 0.717) is 0 Å². The van der Waals surface area contributed by atoms with Crippen LogP contribution in [0.15, 0.2) is 24.8 Å². The normalized spacial score (nSPS) is 11.0. The SMILES string of the molecule is COCCNCc1cn(Cc2ccnn2C)cn1. The monoisotopic (exact) mass is 249 g/mol. The highest BCUT2D eigenvalue weighted by molar-refractivity contribution is 5.04. The van der Waals surface area contributed by atoms with Gasteiger partial charge in [0.15, 0.2) is 0 Å². The summed E-state index contributed by atoms with van der Waals surface area (Å²) in [5.41, 5.74) is 2.19. The molecule has 1 N–H and O–H groups in total. The van der Waals surface area contributed by atoms with Gasteiger partial charge < -0.3 is 14.6 Å². The summed E-state index contributed by atoms with van der Waals surface area (Å²) in [5.74, 6) is 0. The Kier molecular flexibility index (Phi) is 4.49. The summed E-state index contributed by atoms with van der Waals surface area (Å²) in [7, 11) is 3.64. The Morgan fingerprint density at radius 3 is 3.06 bits per heavy atom. The number of rotatable bonds is 7. The highest BCUT2D eigenvalue weighted by Gasteiger charge is 2.02. The molecule has 98 valence electrons. The maximum absolute atomic E-state index is 4.97. The number of nitrogens with zero attached hydrogens (tertiary/aromatic N) is 4. The van der Waals surface area contributed by atoms with Crippen LogP contribution in [0.5, 0.6) is 0 Å². The van der Waals surface area contributed by atoms with Gasteiger partial charge >= 0.3 is 0 Å². The molecule has 0 saturated heterocycles. The number of hydrogen-bond acceptors (Lipinski definition) is 4. The van der Waals surface area contributed by atoms with Crippen LogP contribution in [-0.2, 0) is 24.9 Å². The Labute approximate surface area is 107 Å². The van der Waals surface area contributed by atoms with Crippen LogP contribution >= 0.6 is 0 Å². The Hall–Kier alpha value is -1.66. The summed E-state index contributed by atoms with van der Waals surface area (Å²) in [5, 5.41) is 7.41. The number of aryl methyl sites for hydroxylation is 1. The molecule has 0 unspecified atom stereocenters. The Morgan fingerprint density at radius 1 is 1.44 bits per heavy atom. The van der Waals surface area contributed by atoms with Gasteiger partial charge in [-0.25, -0.2) is 4.98 Å². The zero-order valence-corrected chi connectivity index (χ0v) is 10.8. The predicted molar refractivity (Wildman–Crippen MR) is 68.1 cm³/mol. The summed E-state index contributed by atoms with van der Waals surface area (Å²) >= 11 is 0. The van der Waals surface area contributed by atoms with Crippen LogP contribution in [0.4, 0.5) is 0 Å². The second-order valence-corrected chi connectivity index (χ2v) is 4.15. The molecule has 0 fully saturated rings. The predicted octanol–water partition coefficient (Wildman–Crippen LogP) is 0.401. The van der Waals surface area contributed by atoms with Crippen LogP contribution in [0.25, 0.3) is 0 Å². The van der Waals surface area contributed by atoms with Crippen molar-refractivity contribution < 1.29 is 4.74 Å². The average molecular weight is 249 g/mol. The molecular formula is C12H19N5O. The molecule has 0 aliphatic heterocycles. The van der Waals surface area contributed by atoms with Crippen molar-refractivity contribution in [2.45, 2.75) is 13.1 Å². The number of nitrogens with one attached hydrogen (secondary N) is 1. The zero-order chi connectivity index (χ0) is 12.8. The minimum Gasteiger partial charge on any atom is -0.383 e. The standard InChI is InChI=1S/C12H19N5O/c1-16-12(3-4-15-16)9-17-8-11(14-10-17)7-13-5-6-18-2/h3-4,8,10,13H,5-7,9H2,1-2H3. The molecule has 2 aromatic heterocycles. The lowest BCUT2D eigenvalue weighted by atomic mass is 10.4. The van der Waals surface area contributed by atoms with E-state index >= 15 is 0 Å². The van der Waals surface area contributed by atoms with E-state index in [9.17, 15) is 0 Å². The molecule has 0 amide bonds. The van der Waals surface area contributed by atoms with Crippen LogP contribution < -0.4 is 5.32 Å². The Bertz CT molecular complexity index is 476. The maximum atomic E-state index is 4.97.